The smallest absolute Gasteiger partial charge is 0.326 e. The number of methoxy groups -OCH3 is 2. The van der Waals surface area contributed by atoms with Crippen LogP contribution in [0.5, 0.6) is 23.0 Å². The van der Waals surface area contributed by atoms with Crippen LogP contribution < -0.4 is 24.3 Å². The monoisotopic (exact) mass is 487 g/mol. The molecular formula is C24H25NO8S. The molecule has 1 amide bonds. The minimum Gasteiger partial charge on any atom is -0.493 e. The Morgan fingerprint density at radius 3 is 2.59 bits per heavy atom. The summed E-state index contributed by atoms with van der Waals surface area (Å²) in [5, 5.41) is 11.7. The van der Waals surface area contributed by atoms with E-state index in [1.54, 1.807) is 36.4 Å². The lowest BCUT2D eigenvalue weighted by atomic mass is 10.1. The normalized spacial score (nSPS) is 14.2. The third kappa shape index (κ3) is 6.02. The number of ether oxygens (including phenoxy) is 4. The van der Waals surface area contributed by atoms with Crippen LogP contribution in [0, 0.1) is 0 Å². The highest BCUT2D eigenvalue weighted by molar-refractivity contribution is 7.98. The standard InChI is InChI=1S/C24H25NO8S/c1-30-18-7-4-14(10-20(18)31-2)11-21-23(27)16-6-5-15(12-19(16)33-21)32-13-22(26)25-17(24(28)29)8-9-34-3/h4-7,10-12,17H,8-9,13H2,1-3H3,(H,25,26)(H,28,29)/t17-/m1/s1. The molecule has 180 valence electrons. The third-order valence-corrected chi connectivity index (χ3v) is 5.60. The van der Waals surface area contributed by atoms with Gasteiger partial charge in [0.05, 0.1) is 19.8 Å². The molecular weight excluding hydrogens is 462 g/mol. The van der Waals surface area contributed by atoms with E-state index >= 15 is 0 Å². The van der Waals surface area contributed by atoms with Crippen molar-refractivity contribution >= 4 is 35.5 Å². The summed E-state index contributed by atoms with van der Waals surface area (Å²) in [4.78, 5) is 36.1. The topological polar surface area (TPSA) is 120 Å². The van der Waals surface area contributed by atoms with Crippen molar-refractivity contribution in [2.24, 2.45) is 0 Å². The second-order valence-electron chi connectivity index (χ2n) is 7.24. The minimum absolute atomic E-state index is 0.134. The fourth-order valence-corrected chi connectivity index (χ4v) is 3.70. The Kier molecular flexibility index (Phi) is 8.42. The Balaban J connectivity index is 1.66. The average Bonchev–Trinajstić information content (AvgIpc) is 3.14. The number of hydrogen-bond donors (Lipinski definition) is 2. The maximum Gasteiger partial charge on any atom is 0.326 e. The van der Waals surface area contributed by atoms with E-state index in [1.807, 2.05) is 6.26 Å². The number of carboxylic acid groups (broad SMARTS) is 1. The second kappa shape index (κ2) is 11.5. The Morgan fingerprint density at radius 1 is 1.15 bits per heavy atom. The van der Waals surface area contributed by atoms with Gasteiger partial charge in [0.1, 0.15) is 17.5 Å². The molecule has 34 heavy (non-hydrogen) atoms. The first-order chi connectivity index (χ1) is 16.4. The van der Waals surface area contributed by atoms with Crippen LogP contribution in [-0.4, -0.2) is 61.6 Å². The minimum atomic E-state index is -1.10. The molecule has 0 radical (unpaired) electrons. The molecule has 1 aliphatic heterocycles. The predicted molar refractivity (Wildman–Crippen MR) is 127 cm³/mol. The molecule has 0 aromatic heterocycles. The largest absolute Gasteiger partial charge is 0.493 e. The lowest BCUT2D eigenvalue weighted by Gasteiger charge is -2.14. The van der Waals surface area contributed by atoms with Crippen molar-refractivity contribution < 1.29 is 38.4 Å². The van der Waals surface area contributed by atoms with Crippen LogP contribution in [0.15, 0.2) is 42.2 Å². The maximum atomic E-state index is 12.7. The summed E-state index contributed by atoms with van der Waals surface area (Å²) in [5.74, 6) is 0.503. The highest BCUT2D eigenvalue weighted by Crippen LogP contribution is 2.36. The molecule has 10 heteroatoms. The van der Waals surface area contributed by atoms with Crippen molar-refractivity contribution in [3.8, 4) is 23.0 Å². The Labute approximate surface area is 201 Å². The number of carbonyl (C=O) groups is 3. The molecule has 0 bridgehead atoms. The molecule has 0 saturated carbocycles. The molecule has 0 spiro atoms. The van der Waals surface area contributed by atoms with Crippen LogP contribution in [0.4, 0.5) is 0 Å². The molecule has 1 aliphatic rings. The van der Waals surface area contributed by atoms with Crippen LogP contribution in [-0.2, 0) is 9.59 Å². The summed E-state index contributed by atoms with van der Waals surface area (Å²) in [6.45, 7) is -0.371. The van der Waals surface area contributed by atoms with Crippen molar-refractivity contribution in [3.05, 3.63) is 53.3 Å². The van der Waals surface area contributed by atoms with Crippen molar-refractivity contribution in [1.29, 1.82) is 0 Å². The van der Waals surface area contributed by atoms with E-state index in [-0.39, 0.29) is 18.1 Å². The highest BCUT2D eigenvalue weighted by atomic mass is 32.2. The van der Waals surface area contributed by atoms with Gasteiger partial charge in [-0.3, -0.25) is 9.59 Å². The van der Waals surface area contributed by atoms with Crippen molar-refractivity contribution in [2.45, 2.75) is 12.5 Å². The first-order valence-electron chi connectivity index (χ1n) is 10.3. The summed E-state index contributed by atoms with van der Waals surface area (Å²) < 4.78 is 21.7. The number of aliphatic carboxylic acids is 1. The zero-order valence-electron chi connectivity index (χ0n) is 19.0. The first kappa shape index (κ1) is 25.0. The van der Waals surface area contributed by atoms with Crippen LogP contribution in [0.3, 0.4) is 0 Å². The lowest BCUT2D eigenvalue weighted by Crippen LogP contribution is -2.43. The number of carbonyl (C=O) groups excluding carboxylic acids is 2. The van der Waals surface area contributed by atoms with Crippen molar-refractivity contribution in [1.82, 2.24) is 5.32 Å². The number of rotatable bonds is 11. The molecule has 0 unspecified atom stereocenters. The van der Waals surface area contributed by atoms with Crippen LogP contribution >= 0.6 is 11.8 Å². The first-order valence-corrected chi connectivity index (χ1v) is 11.7. The fourth-order valence-electron chi connectivity index (χ4n) is 3.23. The van der Waals surface area contributed by atoms with Gasteiger partial charge in [-0.15, -0.1) is 0 Å². The zero-order chi connectivity index (χ0) is 24.7. The third-order valence-electron chi connectivity index (χ3n) is 4.96. The molecule has 0 fully saturated rings. The lowest BCUT2D eigenvalue weighted by molar-refractivity contribution is -0.142. The van der Waals surface area contributed by atoms with Gasteiger partial charge in [-0.2, -0.15) is 11.8 Å². The molecule has 2 aromatic rings. The van der Waals surface area contributed by atoms with E-state index in [0.717, 1.165) is 0 Å². The van der Waals surface area contributed by atoms with Crippen LogP contribution in [0.1, 0.15) is 22.3 Å². The Hall–Kier alpha value is -3.66. The number of allylic oxidation sites excluding steroid dienone is 1. The number of fused-ring (bicyclic) bond motifs is 1. The fraction of sp³-hybridized carbons (Fsp3) is 0.292. The zero-order valence-corrected chi connectivity index (χ0v) is 19.8. The van der Waals surface area contributed by atoms with Gasteiger partial charge in [0.2, 0.25) is 5.78 Å². The van der Waals surface area contributed by atoms with E-state index in [1.165, 1.54) is 32.0 Å². The van der Waals surface area contributed by atoms with Gasteiger partial charge in [-0.05, 0) is 54.3 Å². The number of hydrogen-bond acceptors (Lipinski definition) is 8. The van der Waals surface area contributed by atoms with Gasteiger partial charge in [-0.25, -0.2) is 4.79 Å². The molecule has 2 aromatic carbocycles. The van der Waals surface area contributed by atoms with Gasteiger partial charge in [0.15, 0.2) is 23.9 Å². The summed E-state index contributed by atoms with van der Waals surface area (Å²) in [7, 11) is 3.06. The van der Waals surface area contributed by atoms with Gasteiger partial charge in [-0.1, -0.05) is 6.07 Å². The number of ketones is 1. The molecule has 1 heterocycles. The van der Waals surface area contributed by atoms with Crippen LogP contribution in [0.2, 0.25) is 0 Å². The Bertz CT molecular complexity index is 1110. The van der Waals surface area contributed by atoms with Gasteiger partial charge >= 0.3 is 5.97 Å². The molecule has 0 aliphatic carbocycles. The van der Waals surface area contributed by atoms with E-state index in [9.17, 15) is 19.5 Å². The number of thioether (sulfide) groups is 1. The molecule has 2 N–H and O–H groups in total. The summed E-state index contributed by atoms with van der Waals surface area (Å²) in [5.41, 5.74) is 1.06. The number of Topliss-reactive ketones (excluding diaryl/α,β-unsaturated/α-hetero) is 1. The number of carboxylic acids is 1. The Morgan fingerprint density at radius 2 is 1.91 bits per heavy atom. The average molecular weight is 488 g/mol. The van der Waals surface area contributed by atoms with Gasteiger partial charge < -0.3 is 29.4 Å². The molecule has 9 nitrogen and oxygen atoms in total. The second-order valence-corrected chi connectivity index (χ2v) is 8.23. The molecule has 1 atom stereocenters. The van der Waals surface area contributed by atoms with E-state index in [2.05, 4.69) is 5.32 Å². The number of nitrogens with one attached hydrogen (secondary N) is 1. The van der Waals surface area contributed by atoms with E-state index < -0.39 is 17.9 Å². The number of benzene rings is 2. The highest BCUT2D eigenvalue weighted by Gasteiger charge is 2.28. The molecule has 3 rings (SSSR count). The van der Waals surface area contributed by atoms with E-state index in [0.29, 0.717) is 46.3 Å². The summed E-state index contributed by atoms with van der Waals surface area (Å²) in [6, 6.07) is 8.86. The van der Waals surface area contributed by atoms with Gasteiger partial charge in [0, 0.05) is 6.07 Å². The van der Waals surface area contributed by atoms with Crippen molar-refractivity contribution in [2.75, 3.05) is 32.8 Å². The quantitative estimate of drug-likeness (QED) is 0.461. The van der Waals surface area contributed by atoms with E-state index in [4.69, 9.17) is 18.9 Å². The van der Waals surface area contributed by atoms with Crippen molar-refractivity contribution in [3.63, 3.8) is 0 Å². The summed E-state index contributed by atoms with van der Waals surface area (Å²) >= 11 is 1.50. The SMILES string of the molecule is COc1ccc(C=C2Oc3cc(OCC(=O)N[C@H](CCSC)C(=O)O)ccc3C2=O)cc1OC. The summed E-state index contributed by atoms with van der Waals surface area (Å²) in [6.07, 6.45) is 3.77. The number of amides is 1. The molecule has 0 saturated heterocycles. The predicted octanol–water partition coefficient (Wildman–Crippen LogP) is 3.02. The van der Waals surface area contributed by atoms with Gasteiger partial charge in [0.25, 0.3) is 5.91 Å². The van der Waals surface area contributed by atoms with Crippen LogP contribution in [0.25, 0.3) is 6.08 Å². The maximum absolute atomic E-state index is 12.7.